The van der Waals surface area contributed by atoms with Crippen LogP contribution < -0.4 is 15.4 Å². The zero-order chi connectivity index (χ0) is 19.3. The monoisotopic (exact) mass is 371 g/mol. The molecule has 7 heteroatoms. The number of benzene rings is 2. The van der Waals surface area contributed by atoms with E-state index in [9.17, 15) is 9.59 Å². The van der Waals surface area contributed by atoms with Gasteiger partial charge in [-0.05, 0) is 50.2 Å². The van der Waals surface area contributed by atoms with E-state index in [1.54, 1.807) is 36.4 Å². The Bertz CT molecular complexity index is 888. The third-order valence-corrected chi connectivity index (χ3v) is 4.09. The van der Waals surface area contributed by atoms with Crippen molar-refractivity contribution in [3.8, 4) is 11.8 Å². The van der Waals surface area contributed by atoms with E-state index in [4.69, 9.17) is 21.6 Å². The first-order valence-corrected chi connectivity index (χ1v) is 8.12. The van der Waals surface area contributed by atoms with Gasteiger partial charge in [0.2, 0.25) is 11.8 Å². The van der Waals surface area contributed by atoms with Crippen molar-refractivity contribution < 1.29 is 14.3 Å². The van der Waals surface area contributed by atoms with Crippen molar-refractivity contribution in [3.63, 3.8) is 0 Å². The Morgan fingerprint density at radius 3 is 2.23 bits per heavy atom. The van der Waals surface area contributed by atoms with Gasteiger partial charge in [-0.1, -0.05) is 17.7 Å². The molecule has 2 rings (SSSR count). The molecule has 134 valence electrons. The van der Waals surface area contributed by atoms with Gasteiger partial charge in [-0.15, -0.1) is 0 Å². The minimum atomic E-state index is -1.35. The maximum absolute atomic E-state index is 12.6. The second-order valence-electron chi connectivity index (χ2n) is 6.08. The zero-order valence-electron chi connectivity index (χ0n) is 14.6. The van der Waals surface area contributed by atoms with Gasteiger partial charge in [0.25, 0.3) is 0 Å². The molecule has 0 aliphatic heterocycles. The van der Waals surface area contributed by atoms with E-state index in [0.29, 0.717) is 27.7 Å². The summed E-state index contributed by atoms with van der Waals surface area (Å²) in [6.07, 6.45) is 0. The van der Waals surface area contributed by atoms with Crippen LogP contribution in [0.2, 0.25) is 5.02 Å². The number of ether oxygens (including phenoxy) is 1. The van der Waals surface area contributed by atoms with Gasteiger partial charge >= 0.3 is 0 Å². The van der Waals surface area contributed by atoms with Crippen LogP contribution in [0.1, 0.15) is 19.4 Å². The van der Waals surface area contributed by atoms with Crippen molar-refractivity contribution in [2.45, 2.75) is 13.8 Å². The van der Waals surface area contributed by atoms with Gasteiger partial charge in [0.05, 0.1) is 23.8 Å². The van der Waals surface area contributed by atoms with Crippen molar-refractivity contribution in [1.82, 2.24) is 0 Å². The zero-order valence-corrected chi connectivity index (χ0v) is 15.3. The third kappa shape index (κ3) is 4.32. The number of halogens is 1. The minimum absolute atomic E-state index is 0.348. The molecule has 0 spiro atoms. The molecule has 2 N–H and O–H groups in total. The number of hydrogen-bond donors (Lipinski definition) is 2. The molecule has 0 saturated heterocycles. The fraction of sp³-hybridized carbons (Fsp3) is 0.211. The maximum Gasteiger partial charge on any atom is 0.239 e. The first kappa shape index (κ1) is 19.3. The van der Waals surface area contributed by atoms with Crippen LogP contribution in [0, 0.1) is 16.7 Å². The molecular formula is C19H18ClN3O3. The Balaban J connectivity index is 2.12. The summed E-state index contributed by atoms with van der Waals surface area (Å²) in [4.78, 5) is 25.1. The summed E-state index contributed by atoms with van der Waals surface area (Å²) in [7, 11) is 1.49. The summed E-state index contributed by atoms with van der Waals surface area (Å²) in [5.74, 6) is -0.503. The van der Waals surface area contributed by atoms with E-state index in [2.05, 4.69) is 10.6 Å². The average Bonchev–Trinajstić information content (AvgIpc) is 2.61. The Morgan fingerprint density at radius 1 is 1.08 bits per heavy atom. The number of rotatable bonds is 5. The highest BCUT2D eigenvalue weighted by Crippen LogP contribution is 2.28. The lowest BCUT2D eigenvalue weighted by Crippen LogP contribution is -2.41. The van der Waals surface area contributed by atoms with Gasteiger partial charge in [0.15, 0.2) is 0 Å². The van der Waals surface area contributed by atoms with Gasteiger partial charge in [-0.2, -0.15) is 5.26 Å². The van der Waals surface area contributed by atoms with E-state index in [-0.39, 0.29) is 0 Å². The topological polar surface area (TPSA) is 91.2 Å². The maximum atomic E-state index is 12.6. The Morgan fingerprint density at radius 2 is 1.69 bits per heavy atom. The molecule has 0 fully saturated rings. The number of anilines is 2. The number of hydrogen-bond acceptors (Lipinski definition) is 4. The Labute approximate surface area is 156 Å². The fourth-order valence-corrected chi connectivity index (χ4v) is 2.35. The number of nitriles is 1. The highest BCUT2D eigenvalue weighted by molar-refractivity contribution is 6.32. The van der Waals surface area contributed by atoms with Gasteiger partial charge in [-0.25, -0.2) is 0 Å². The summed E-state index contributed by atoms with van der Waals surface area (Å²) in [6.45, 7) is 3.02. The molecule has 0 aromatic heterocycles. The van der Waals surface area contributed by atoms with Gasteiger partial charge in [0.1, 0.15) is 11.2 Å². The van der Waals surface area contributed by atoms with E-state index in [1.165, 1.54) is 27.0 Å². The average molecular weight is 372 g/mol. The first-order chi connectivity index (χ1) is 12.3. The number of amides is 2. The quantitative estimate of drug-likeness (QED) is 0.781. The molecule has 0 bridgehead atoms. The van der Waals surface area contributed by atoms with Crippen molar-refractivity contribution in [1.29, 1.82) is 5.26 Å². The first-order valence-electron chi connectivity index (χ1n) is 7.74. The largest absolute Gasteiger partial charge is 0.495 e. The Hall–Kier alpha value is -3.04. The lowest BCUT2D eigenvalue weighted by Gasteiger charge is -2.23. The molecule has 0 aliphatic carbocycles. The lowest BCUT2D eigenvalue weighted by atomic mass is 9.90. The molecule has 2 aromatic rings. The highest BCUT2D eigenvalue weighted by atomic mass is 35.5. The SMILES string of the molecule is COc1ccc(NC(=O)C(C)(C)C(=O)Nc2cccc(C#N)c2)cc1Cl. The van der Waals surface area contributed by atoms with Crippen molar-refractivity contribution >= 4 is 34.8 Å². The van der Waals surface area contributed by atoms with E-state index in [1.807, 2.05) is 6.07 Å². The summed E-state index contributed by atoms with van der Waals surface area (Å²) < 4.78 is 5.06. The van der Waals surface area contributed by atoms with Crippen LogP contribution in [0.15, 0.2) is 42.5 Å². The second kappa shape index (κ2) is 7.89. The molecular weight excluding hydrogens is 354 g/mol. The lowest BCUT2D eigenvalue weighted by molar-refractivity contribution is -0.135. The third-order valence-electron chi connectivity index (χ3n) is 3.79. The van der Waals surface area contributed by atoms with Crippen LogP contribution in [0.5, 0.6) is 5.75 Å². The second-order valence-corrected chi connectivity index (χ2v) is 6.48. The standard InChI is InChI=1S/C19H18ClN3O3/c1-19(2,17(24)22-13-6-4-5-12(9-13)11-21)18(25)23-14-7-8-16(26-3)15(20)10-14/h4-10H,1-3H3,(H,22,24)(H,23,25). The molecule has 0 atom stereocenters. The highest BCUT2D eigenvalue weighted by Gasteiger charge is 2.36. The molecule has 0 aliphatic rings. The van der Waals surface area contributed by atoms with Crippen LogP contribution in [0.4, 0.5) is 11.4 Å². The van der Waals surface area contributed by atoms with E-state index in [0.717, 1.165) is 0 Å². The molecule has 0 radical (unpaired) electrons. The van der Waals surface area contributed by atoms with E-state index >= 15 is 0 Å². The van der Waals surface area contributed by atoms with Crippen LogP contribution in [-0.2, 0) is 9.59 Å². The summed E-state index contributed by atoms with van der Waals surface area (Å²) in [6, 6.07) is 13.3. The van der Waals surface area contributed by atoms with Crippen molar-refractivity contribution in [2.75, 3.05) is 17.7 Å². The van der Waals surface area contributed by atoms with Gasteiger partial charge in [0, 0.05) is 11.4 Å². The predicted octanol–water partition coefficient (Wildman–Crippen LogP) is 3.82. The number of carbonyl (C=O) groups is 2. The fourth-order valence-electron chi connectivity index (χ4n) is 2.09. The predicted molar refractivity (Wildman–Crippen MR) is 100 cm³/mol. The number of nitrogens with zero attached hydrogens (tertiary/aromatic N) is 1. The molecule has 2 aromatic carbocycles. The van der Waals surface area contributed by atoms with Crippen LogP contribution in [-0.4, -0.2) is 18.9 Å². The summed E-state index contributed by atoms with van der Waals surface area (Å²) in [5, 5.41) is 14.6. The molecule has 6 nitrogen and oxygen atoms in total. The van der Waals surface area contributed by atoms with Crippen molar-refractivity contribution in [3.05, 3.63) is 53.1 Å². The molecule has 26 heavy (non-hydrogen) atoms. The summed E-state index contributed by atoms with van der Waals surface area (Å²) in [5.41, 5.74) is -0.0387. The van der Waals surface area contributed by atoms with Crippen LogP contribution in [0.25, 0.3) is 0 Å². The molecule has 0 unspecified atom stereocenters. The smallest absolute Gasteiger partial charge is 0.239 e. The molecule has 0 heterocycles. The number of methoxy groups -OCH3 is 1. The Kier molecular flexibility index (Phi) is 5.86. The minimum Gasteiger partial charge on any atom is -0.495 e. The number of nitrogens with one attached hydrogen (secondary N) is 2. The van der Waals surface area contributed by atoms with Gasteiger partial charge < -0.3 is 15.4 Å². The van der Waals surface area contributed by atoms with Crippen LogP contribution in [0.3, 0.4) is 0 Å². The summed E-state index contributed by atoms with van der Waals surface area (Å²) >= 11 is 6.04. The van der Waals surface area contributed by atoms with Gasteiger partial charge in [-0.3, -0.25) is 9.59 Å². The number of carbonyl (C=O) groups excluding carboxylic acids is 2. The molecule has 2 amide bonds. The normalized spacial score (nSPS) is 10.6. The van der Waals surface area contributed by atoms with Crippen LogP contribution >= 0.6 is 11.6 Å². The van der Waals surface area contributed by atoms with E-state index < -0.39 is 17.2 Å². The molecule has 0 saturated carbocycles. The van der Waals surface area contributed by atoms with Crippen molar-refractivity contribution in [2.24, 2.45) is 5.41 Å².